The highest BCUT2D eigenvalue weighted by Crippen LogP contribution is 2.30. The number of amidine groups is 1. The van der Waals surface area contributed by atoms with Gasteiger partial charge in [0.25, 0.3) is 0 Å². The fraction of sp³-hybridized carbons (Fsp3) is 0.0667. The van der Waals surface area contributed by atoms with Gasteiger partial charge in [0, 0.05) is 5.02 Å². The van der Waals surface area contributed by atoms with Gasteiger partial charge >= 0.3 is 0 Å². The van der Waals surface area contributed by atoms with E-state index in [9.17, 15) is 9.18 Å². The molecule has 0 bridgehead atoms. The van der Waals surface area contributed by atoms with E-state index in [-0.39, 0.29) is 11.7 Å². The van der Waals surface area contributed by atoms with Crippen LogP contribution < -0.4 is 4.90 Å². The van der Waals surface area contributed by atoms with Gasteiger partial charge in [-0.05, 0) is 42.5 Å². The Labute approximate surface area is 130 Å². The molecule has 1 heterocycles. The highest BCUT2D eigenvalue weighted by atomic mass is 35.5. The van der Waals surface area contributed by atoms with Crippen LogP contribution in [0.4, 0.5) is 15.8 Å². The van der Waals surface area contributed by atoms with Crippen molar-refractivity contribution in [2.75, 3.05) is 10.7 Å². The Balaban J connectivity index is 1.97. The van der Waals surface area contributed by atoms with Gasteiger partial charge in [-0.2, -0.15) is 0 Å². The summed E-state index contributed by atoms with van der Waals surface area (Å²) in [4.78, 5) is 18.0. The van der Waals surface area contributed by atoms with Crippen LogP contribution in [0.5, 0.6) is 0 Å². The summed E-state index contributed by atoms with van der Waals surface area (Å²) in [5, 5.41) is 1.12. The Bertz CT molecular complexity index is 718. The molecule has 6 heteroatoms. The van der Waals surface area contributed by atoms with Crippen molar-refractivity contribution >= 4 is 45.8 Å². The summed E-state index contributed by atoms with van der Waals surface area (Å²) in [5.74, 6) is -0.0454. The van der Waals surface area contributed by atoms with Crippen molar-refractivity contribution in [2.45, 2.75) is 0 Å². The molecule has 21 heavy (non-hydrogen) atoms. The van der Waals surface area contributed by atoms with Crippen LogP contribution in [0.25, 0.3) is 0 Å². The predicted molar refractivity (Wildman–Crippen MR) is 84.9 cm³/mol. The summed E-state index contributed by atoms with van der Waals surface area (Å²) < 4.78 is 12.9. The Morgan fingerprint density at radius 2 is 1.95 bits per heavy atom. The first-order valence-electron chi connectivity index (χ1n) is 6.19. The van der Waals surface area contributed by atoms with Crippen LogP contribution in [0.3, 0.4) is 0 Å². The van der Waals surface area contributed by atoms with E-state index in [1.165, 1.54) is 28.8 Å². The number of benzene rings is 2. The van der Waals surface area contributed by atoms with Crippen LogP contribution >= 0.6 is 23.4 Å². The Morgan fingerprint density at radius 3 is 2.67 bits per heavy atom. The third-order valence-electron chi connectivity index (χ3n) is 2.88. The highest BCUT2D eigenvalue weighted by molar-refractivity contribution is 8.15. The van der Waals surface area contributed by atoms with E-state index in [2.05, 4.69) is 4.99 Å². The normalized spacial score (nSPS) is 16.8. The second kappa shape index (κ2) is 5.87. The van der Waals surface area contributed by atoms with Gasteiger partial charge in [0.2, 0.25) is 5.91 Å². The number of thioether (sulfide) groups is 1. The lowest BCUT2D eigenvalue weighted by molar-refractivity contribution is -0.115. The molecule has 0 saturated carbocycles. The van der Waals surface area contributed by atoms with Crippen LogP contribution in [-0.4, -0.2) is 16.8 Å². The summed E-state index contributed by atoms with van der Waals surface area (Å²) >= 11 is 7.32. The maximum atomic E-state index is 12.9. The quantitative estimate of drug-likeness (QED) is 0.828. The molecular formula is C15H10ClFN2OS. The maximum Gasteiger partial charge on any atom is 0.243 e. The molecule has 0 spiro atoms. The van der Waals surface area contributed by atoms with E-state index in [1.807, 2.05) is 0 Å². The molecule has 1 fully saturated rings. The fourth-order valence-corrected chi connectivity index (χ4v) is 3.01. The van der Waals surface area contributed by atoms with Gasteiger partial charge < -0.3 is 0 Å². The van der Waals surface area contributed by atoms with Crippen LogP contribution in [0, 0.1) is 5.82 Å². The molecular weight excluding hydrogens is 311 g/mol. The van der Waals surface area contributed by atoms with Crippen molar-refractivity contribution in [3.63, 3.8) is 0 Å². The molecule has 0 aromatic heterocycles. The average molecular weight is 321 g/mol. The number of aliphatic imine (C=N–C) groups is 1. The summed E-state index contributed by atoms with van der Waals surface area (Å²) in [7, 11) is 0. The van der Waals surface area contributed by atoms with Gasteiger partial charge in [-0.25, -0.2) is 9.38 Å². The topological polar surface area (TPSA) is 32.7 Å². The zero-order chi connectivity index (χ0) is 14.8. The largest absolute Gasteiger partial charge is 0.273 e. The van der Waals surface area contributed by atoms with Gasteiger partial charge in [-0.15, -0.1) is 0 Å². The molecule has 3 nitrogen and oxygen atoms in total. The van der Waals surface area contributed by atoms with Crippen molar-refractivity contribution in [3.8, 4) is 0 Å². The summed E-state index contributed by atoms with van der Waals surface area (Å²) in [6.45, 7) is 0. The molecule has 0 N–H and O–H groups in total. The first-order valence-corrected chi connectivity index (χ1v) is 7.55. The molecule has 0 radical (unpaired) electrons. The monoisotopic (exact) mass is 320 g/mol. The lowest BCUT2D eigenvalue weighted by atomic mass is 10.3. The summed E-state index contributed by atoms with van der Waals surface area (Å²) in [6.07, 6.45) is 0. The Hall–Kier alpha value is -1.85. The molecule has 1 aliphatic rings. The van der Waals surface area contributed by atoms with E-state index >= 15 is 0 Å². The van der Waals surface area contributed by atoms with E-state index in [4.69, 9.17) is 11.6 Å². The minimum Gasteiger partial charge on any atom is -0.273 e. The highest BCUT2D eigenvalue weighted by Gasteiger charge is 2.29. The Morgan fingerprint density at radius 1 is 1.19 bits per heavy atom. The van der Waals surface area contributed by atoms with Crippen LogP contribution in [0.1, 0.15) is 0 Å². The van der Waals surface area contributed by atoms with Crippen LogP contribution in [0.2, 0.25) is 5.02 Å². The number of carbonyl (C=O) groups is 1. The van der Waals surface area contributed by atoms with E-state index < -0.39 is 0 Å². The number of hydrogen-bond acceptors (Lipinski definition) is 3. The zero-order valence-corrected chi connectivity index (χ0v) is 12.4. The number of carbonyl (C=O) groups excluding carboxylic acids is 1. The molecule has 2 aromatic rings. The second-order valence-corrected chi connectivity index (χ2v) is 5.75. The van der Waals surface area contributed by atoms with Gasteiger partial charge in [0.15, 0.2) is 5.17 Å². The van der Waals surface area contributed by atoms with Gasteiger partial charge in [-0.1, -0.05) is 29.4 Å². The van der Waals surface area contributed by atoms with Crippen molar-refractivity contribution in [1.82, 2.24) is 0 Å². The van der Waals surface area contributed by atoms with Crippen molar-refractivity contribution in [1.29, 1.82) is 0 Å². The van der Waals surface area contributed by atoms with Crippen molar-refractivity contribution < 1.29 is 9.18 Å². The molecule has 106 valence electrons. The van der Waals surface area contributed by atoms with E-state index in [0.29, 0.717) is 27.3 Å². The molecule has 3 rings (SSSR count). The van der Waals surface area contributed by atoms with Gasteiger partial charge in [-0.3, -0.25) is 9.69 Å². The molecule has 0 aliphatic carbocycles. The molecule has 0 unspecified atom stereocenters. The van der Waals surface area contributed by atoms with Crippen molar-refractivity contribution in [2.24, 2.45) is 4.99 Å². The van der Waals surface area contributed by atoms with Gasteiger partial charge in [0.1, 0.15) is 5.82 Å². The molecule has 1 amide bonds. The first-order chi connectivity index (χ1) is 10.1. The van der Waals surface area contributed by atoms with Crippen molar-refractivity contribution in [3.05, 3.63) is 59.4 Å². The van der Waals surface area contributed by atoms with E-state index in [0.717, 1.165) is 0 Å². The zero-order valence-electron chi connectivity index (χ0n) is 10.8. The maximum absolute atomic E-state index is 12.9. The number of anilines is 1. The van der Waals surface area contributed by atoms with Crippen LogP contribution in [-0.2, 0) is 4.79 Å². The molecule has 0 atom stereocenters. The smallest absolute Gasteiger partial charge is 0.243 e. The number of halogens is 2. The molecule has 1 aliphatic heterocycles. The fourth-order valence-electron chi connectivity index (χ4n) is 1.94. The predicted octanol–water partition coefficient (Wildman–Crippen LogP) is 4.25. The number of rotatable bonds is 2. The van der Waals surface area contributed by atoms with Gasteiger partial charge in [0.05, 0.1) is 17.1 Å². The first kappa shape index (κ1) is 14.1. The lowest BCUT2D eigenvalue weighted by Crippen LogP contribution is -2.29. The minimum atomic E-state index is -0.319. The summed E-state index contributed by atoms with van der Waals surface area (Å²) in [6, 6.07) is 12.9. The molecule has 1 saturated heterocycles. The number of hydrogen-bond donors (Lipinski definition) is 0. The van der Waals surface area contributed by atoms with E-state index in [1.54, 1.807) is 36.4 Å². The standard InChI is InChI=1S/C15H10ClFN2OS/c16-10-2-1-3-13(8-10)19-14(20)9-21-15(19)18-12-6-4-11(17)5-7-12/h1-8H,9H2. The molecule has 2 aromatic carbocycles. The second-order valence-electron chi connectivity index (χ2n) is 4.37. The SMILES string of the molecule is O=C1CSC(=Nc2ccc(F)cc2)N1c1cccc(Cl)c1. The van der Waals surface area contributed by atoms with Crippen LogP contribution in [0.15, 0.2) is 53.5 Å². The lowest BCUT2D eigenvalue weighted by Gasteiger charge is -2.16. The Kier molecular flexibility index (Phi) is 3.94. The number of nitrogens with zero attached hydrogens (tertiary/aromatic N) is 2. The number of amides is 1. The summed E-state index contributed by atoms with van der Waals surface area (Å²) in [5.41, 5.74) is 1.28. The third kappa shape index (κ3) is 3.09. The minimum absolute atomic E-state index is 0.0527. The average Bonchev–Trinajstić information content (AvgIpc) is 2.82. The third-order valence-corrected chi connectivity index (χ3v) is 4.04.